The lowest BCUT2D eigenvalue weighted by molar-refractivity contribution is 0.0961. The molecule has 1 heterocycles. The van der Waals surface area contributed by atoms with Crippen molar-refractivity contribution in [2.24, 2.45) is 0 Å². The maximum atomic E-state index is 12.8. The highest BCUT2D eigenvalue weighted by Crippen LogP contribution is 2.25. The van der Waals surface area contributed by atoms with Gasteiger partial charge in [-0.3, -0.25) is 4.79 Å². The van der Waals surface area contributed by atoms with Crippen molar-refractivity contribution in [1.29, 1.82) is 0 Å². The minimum Gasteiger partial charge on any atom is -0.294 e. The van der Waals surface area contributed by atoms with E-state index in [9.17, 15) is 17.6 Å². The van der Waals surface area contributed by atoms with E-state index >= 15 is 0 Å². The number of hydrogen-bond acceptors (Lipinski definition) is 3. The minimum atomic E-state index is -3.26. The van der Waals surface area contributed by atoms with Crippen molar-refractivity contribution in [3.05, 3.63) is 35.6 Å². The smallest absolute Gasteiger partial charge is 0.214 e. The summed E-state index contributed by atoms with van der Waals surface area (Å²) >= 11 is 0. The fourth-order valence-corrected chi connectivity index (χ4v) is 3.89. The second-order valence-electron chi connectivity index (χ2n) is 4.94. The van der Waals surface area contributed by atoms with E-state index in [0.29, 0.717) is 18.5 Å². The molecule has 110 valence electrons. The molecular formula is C14H18FNO3S. The Morgan fingerprint density at radius 2 is 2.00 bits per heavy atom. The molecule has 0 bridgehead atoms. The van der Waals surface area contributed by atoms with Crippen LogP contribution < -0.4 is 0 Å². The SMILES string of the molecule is CCS(=O)(=O)N1CCCC1CC(=O)c1ccc(F)cc1. The molecule has 2 rings (SSSR count). The van der Waals surface area contributed by atoms with Gasteiger partial charge in [-0.2, -0.15) is 4.31 Å². The molecule has 6 heteroatoms. The number of sulfonamides is 1. The number of ketones is 1. The van der Waals surface area contributed by atoms with E-state index in [0.717, 1.165) is 6.42 Å². The normalized spacial score (nSPS) is 20.2. The van der Waals surface area contributed by atoms with Gasteiger partial charge >= 0.3 is 0 Å². The Kier molecular flexibility index (Phi) is 4.55. The van der Waals surface area contributed by atoms with Crippen molar-refractivity contribution in [2.75, 3.05) is 12.3 Å². The number of halogens is 1. The first-order valence-corrected chi connectivity index (χ1v) is 8.33. The van der Waals surface area contributed by atoms with Crippen LogP contribution in [0.2, 0.25) is 0 Å². The molecule has 1 saturated heterocycles. The van der Waals surface area contributed by atoms with Crippen LogP contribution >= 0.6 is 0 Å². The quantitative estimate of drug-likeness (QED) is 0.783. The number of rotatable bonds is 5. The Labute approximate surface area is 118 Å². The number of hydrogen-bond donors (Lipinski definition) is 0. The molecule has 20 heavy (non-hydrogen) atoms. The van der Waals surface area contributed by atoms with E-state index in [1.54, 1.807) is 6.92 Å². The van der Waals surface area contributed by atoms with Gasteiger partial charge < -0.3 is 0 Å². The fourth-order valence-electron chi connectivity index (χ4n) is 2.51. The third-order valence-electron chi connectivity index (χ3n) is 3.63. The lowest BCUT2D eigenvalue weighted by atomic mass is 10.0. The highest BCUT2D eigenvalue weighted by atomic mass is 32.2. The van der Waals surface area contributed by atoms with Gasteiger partial charge in [0.15, 0.2) is 5.78 Å². The number of Topliss-reactive ketones (excluding diaryl/α,β-unsaturated/α-hetero) is 1. The van der Waals surface area contributed by atoms with Crippen LogP contribution in [0.3, 0.4) is 0 Å². The van der Waals surface area contributed by atoms with Gasteiger partial charge in [0.05, 0.1) is 5.75 Å². The second-order valence-corrected chi connectivity index (χ2v) is 7.15. The van der Waals surface area contributed by atoms with Gasteiger partial charge in [0.2, 0.25) is 10.0 Å². The lowest BCUT2D eigenvalue weighted by Crippen LogP contribution is -2.37. The molecule has 0 N–H and O–H groups in total. The van der Waals surface area contributed by atoms with E-state index in [2.05, 4.69) is 0 Å². The molecule has 1 unspecified atom stereocenters. The molecule has 1 aliphatic heterocycles. The van der Waals surface area contributed by atoms with Crippen molar-refractivity contribution in [3.63, 3.8) is 0 Å². The summed E-state index contributed by atoms with van der Waals surface area (Å²) in [5.74, 6) is -0.486. The number of carbonyl (C=O) groups is 1. The molecule has 0 aliphatic carbocycles. The van der Waals surface area contributed by atoms with Gasteiger partial charge in [0.25, 0.3) is 0 Å². The zero-order chi connectivity index (χ0) is 14.8. The Bertz CT molecular complexity index is 583. The van der Waals surface area contributed by atoms with Gasteiger partial charge in [-0.1, -0.05) is 0 Å². The van der Waals surface area contributed by atoms with Crippen molar-refractivity contribution in [1.82, 2.24) is 4.31 Å². The van der Waals surface area contributed by atoms with Gasteiger partial charge in [0.1, 0.15) is 5.82 Å². The summed E-state index contributed by atoms with van der Waals surface area (Å²) < 4.78 is 38.1. The van der Waals surface area contributed by atoms with Crippen LogP contribution in [0.4, 0.5) is 4.39 Å². The molecular weight excluding hydrogens is 281 g/mol. The molecule has 0 radical (unpaired) electrons. The van der Waals surface area contributed by atoms with Crippen LogP contribution in [0.15, 0.2) is 24.3 Å². The molecule has 1 fully saturated rings. The topological polar surface area (TPSA) is 54.5 Å². The van der Waals surface area contributed by atoms with E-state index < -0.39 is 15.8 Å². The molecule has 0 spiro atoms. The summed E-state index contributed by atoms with van der Waals surface area (Å²) in [5, 5.41) is 0. The van der Waals surface area contributed by atoms with Crippen molar-refractivity contribution in [3.8, 4) is 0 Å². The van der Waals surface area contributed by atoms with Gasteiger partial charge in [0, 0.05) is 24.6 Å². The maximum Gasteiger partial charge on any atom is 0.214 e. The largest absolute Gasteiger partial charge is 0.294 e. The van der Waals surface area contributed by atoms with E-state index in [1.807, 2.05) is 0 Å². The first kappa shape index (κ1) is 15.1. The number of carbonyl (C=O) groups excluding carboxylic acids is 1. The maximum absolute atomic E-state index is 12.8. The van der Waals surface area contributed by atoms with Gasteiger partial charge in [-0.15, -0.1) is 0 Å². The molecule has 1 atom stereocenters. The molecule has 1 aromatic carbocycles. The summed E-state index contributed by atoms with van der Waals surface area (Å²) in [7, 11) is -3.26. The first-order chi connectivity index (χ1) is 9.44. The molecule has 0 saturated carbocycles. The van der Waals surface area contributed by atoms with Crippen LogP contribution in [0.5, 0.6) is 0 Å². The standard InChI is InChI=1S/C14H18FNO3S/c1-2-20(18,19)16-9-3-4-13(16)10-14(17)11-5-7-12(15)8-6-11/h5-8,13H,2-4,9-10H2,1H3. The monoisotopic (exact) mass is 299 g/mol. The Balaban J connectivity index is 2.09. The van der Waals surface area contributed by atoms with Gasteiger partial charge in [-0.25, -0.2) is 12.8 Å². The summed E-state index contributed by atoms with van der Waals surface area (Å²) in [4.78, 5) is 12.1. The van der Waals surface area contributed by atoms with Gasteiger partial charge in [-0.05, 0) is 44.0 Å². The molecule has 0 aromatic heterocycles. The van der Waals surface area contributed by atoms with Crippen LogP contribution in [-0.2, 0) is 10.0 Å². The number of nitrogens with zero attached hydrogens (tertiary/aromatic N) is 1. The lowest BCUT2D eigenvalue weighted by Gasteiger charge is -2.22. The zero-order valence-electron chi connectivity index (χ0n) is 11.4. The van der Waals surface area contributed by atoms with Crippen molar-refractivity contribution in [2.45, 2.75) is 32.2 Å². The predicted octanol–water partition coefficient (Wildman–Crippen LogP) is 2.21. The van der Waals surface area contributed by atoms with E-state index in [1.165, 1.54) is 28.6 Å². The number of benzene rings is 1. The Morgan fingerprint density at radius 3 is 2.60 bits per heavy atom. The van der Waals surface area contributed by atoms with Crippen LogP contribution in [0.1, 0.15) is 36.5 Å². The molecule has 0 amide bonds. The Hall–Kier alpha value is -1.27. The molecule has 4 nitrogen and oxygen atoms in total. The second kappa shape index (κ2) is 6.01. The van der Waals surface area contributed by atoms with Crippen molar-refractivity contribution < 1.29 is 17.6 Å². The third kappa shape index (κ3) is 3.24. The highest BCUT2D eigenvalue weighted by Gasteiger charge is 2.34. The van der Waals surface area contributed by atoms with Crippen LogP contribution in [0.25, 0.3) is 0 Å². The predicted molar refractivity (Wildman–Crippen MR) is 74.5 cm³/mol. The van der Waals surface area contributed by atoms with Crippen molar-refractivity contribution >= 4 is 15.8 Å². The third-order valence-corrected chi connectivity index (χ3v) is 5.56. The Morgan fingerprint density at radius 1 is 1.35 bits per heavy atom. The first-order valence-electron chi connectivity index (χ1n) is 6.72. The fraction of sp³-hybridized carbons (Fsp3) is 0.500. The summed E-state index contributed by atoms with van der Waals surface area (Å²) in [6.07, 6.45) is 1.64. The summed E-state index contributed by atoms with van der Waals surface area (Å²) in [5.41, 5.74) is 0.423. The molecule has 1 aliphatic rings. The zero-order valence-corrected chi connectivity index (χ0v) is 12.2. The average molecular weight is 299 g/mol. The molecule has 1 aromatic rings. The van der Waals surface area contributed by atoms with Crippen LogP contribution in [-0.4, -0.2) is 36.8 Å². The summed E-state index contributed by atoms with van der Waals surface area (Å²) in [6.45, 7) is 2.09. The average Bonchev–Trinajstić information content (AvgIpc) is 2.88. The van der Waals surface area contributed by atoms with E-state index in [-0.39, 0.29) is 24.0 Å². The van der Waals surface area contributed by atoms with Crippen LogP contribution in [0, 0.1) is 5.82 Å². The highest BCUT2D eigenvalue weighted by molar-refractivity contribution is 7.89. The minimum absolute atomic E-state index is 0.0498. The van der Waals surface area contributed by atoms with E-state index in [4.69, 9.17) is 0 Å². The summed E-state index contributed by atoms with van der Waals surface area (Å²) in [6, 6.07) is 5.08.